The third-order valence-electron chi connectivity index (χ3n) is 6.49. The van der Waals surface area contributed by atoms with Gasteiger partial charge in [0.15, 0.2) is 20.2 Å². The number of pyridine rings is 5. The van der Waals surface area contributed by atoms with Crippen molar-refractivity contribution in [3.8, 4) is 22.8 Å². The number of halogens is 6. The first kappa shape index (κ1) is 55.8. The molecule has 7 N–H and O–H groups in total. The molecule has 0 atom stereocenters. The summed E-state index contributed by atoms with van der Waals surface area (Å²) in [7, 11) is -12.2. The minimum Gasteiger partial charge on any atom is -0.741 e. The number of aromatic nitrogens is 6. The second kappa shape index (κ2) is 26.0. The van der Waals surface area contributed by atoms with Crippen LogP contribution in [0, 0.1) is 0 Å². The second-order valence-corrected chi connectivity index (χ2v) is 13.2. The van der Waals surface area contributed by atoms with Crippen LogP contribution in [0.3, 0.4) is 0 Å². The molecule has 322 valence electrons. The largest absolute Gasteiger partial charge is 2.00 e. The number of alkyl halides is 6. The van der Waals surface area contributed by atoms with E-state index in [0.29, 0.717) is 0 Å². The zero-order valence-corrected chi connectivity index (χ0v) is 33.4. The van der Waals surface area contributed by atoms with Crippen LogP contribution >= 0.6 is 0 Å². The van der Waals surface area contributed by atoms with E-state index in [9.17, 15) is 26.3 Å². The van der Waals surface area contributed by atoms with E-state index in [-0.39, 0.29) is 35.9 Å². The van der Waals surface area contributed by atoms with Crippen molar-refractivity contribution in [3.05, 3.63) is 140 Å². The average Bonchev–Trinajstić information content (AvgIpc) is 3.68. The van der Waals surface area contributed by atoms with Crippen molar-refractivity contribution in [2.24, 2.45) is 0 Å². The molecule has 0 aromatic carbocycles. The van der Waals surface area contributed by atoms with E-state index in [2.05, 4.69) is 58.9 Å². The number of hydrogen-bond acceptors (Lipinski definition) is 12. The molecule has 0 radical (unpaired) electrons. The molecule has 0 bridgehead atoms. The van der Waals surface area contributed by atoms with Crippen LogP contribution in [0.5, 0.6) is 0 Å². The first-order chi connectivity index (χ1) is 25.9. The van der Waals surface area contributed by atoms with Gasteiger partial charge in [0.25, 0.3) is 0 Å². The van der Waals surface area contributed by atoms with Gasteiger partial charge in [0.05, 0.1) is 22.8 Å². The smallest absolute Gasteiger partial charge is 0.741 e. The normalized spacial score (nSPS) is 10.6. The number of hydrogen-bond donors (Lipinski definition) is 0. The Morgan fingerprint density at radius 2 is 0.881 bits per heavy atom. The fraction of sp³-hybridized carbons (Fsp3) is 0.147. The predicted molar refractivity (Wildman–Crippen MR) is 199 cm³/mol. The zero-order chi connectivity index (χ0) is 40.5. The summed E-state index contributed by atoms with van der Waals surface area (Å²) in [5.74, 6) is 1.87. The maximum absolute atomic E-state index is 10.7. The number of aryl methyl sites for hydroxylation is 1. The van der Waals surface area contributed by atoms with Crippen molar-refractivity contribution in [1.82, 2.24) is 29.5 Å². The first-order valence-corrected chi connectivity index (χ1v) is 18.2. The van der Waals surface area contributed by atoms with E-state index < -0.39 is 31.3 Å². The van der Waals surface area contributed by atoms with E-state index in [1.807, 2.05) is 103 Å². The van der Waals surface area contributed by atoms with Gasteiger partial charge in [0.1, 0.15) is 11.6 Å². The van der Waals surface area contributed by atoms with Crippen LogP contribution in [0.1, 0.15) is 6.42 Å². The molecular formula is C34H36F6N7O9RuS2+. The minimum absolute atomic E-state index is 0. The summed E-state index contributed by atoms with van der Waals surface area (Å²) in [6.45, 7) is 1.87. The first-order valence-electron chi connectivity index (χ1n) is 15.4. The Hall–Kier alpha value is -5.27. The van der Waals surface area contributed by atoms with E-state index >= 15 is 0 Å². The number of anilines is 2. The molecule has 25 heteroatoms. The monoisotopic (exact) mass is 966 g/mol. The summed E-state index contributed by atoms with van der Waals surface area (Å²) in [6.07, 6.45) is 12.4. The summed E-state index contributed by atoms with van der Waals surface area (Å²) in [6, 6.07) is 33.5. The Kier molecular flexibility index (Phi) is 24.6. The van der Waals surface area contributed by atoms with Gasteiger partial charge < -0.3 is 35.0 Å². The van der Waals surface area contributed by atoms with Crippen molar-refractivity contribution < 1.29 is 88.2 Å². The summed E-state index contributed by atoms with van der Waals surface area (Å²) in [5, 5.41) is 0. The van der Waals surface area contributed by atoms with Crippen LogP contribution in [-0.2, 0) is 51.7 Å². The van der Waals surface area contributed by atoms with Crippen LogP contribution in [0.4, 0.5) is 38.0 Å². The molecule has 6 aromatic heterocycles. The molecule has 0 aliphatic rings. The van der Waals surface area contributed by atoms with E-state index in [4.69, 9.17) is 25.9 Å². The van der Waals surface area contributed by atoms with Gasteiger partial charge in [-0.25, -0.2) is 31.8 Å². The molecule has 0 saturated heterocycles. The molecule has 6 rings (SSSR count). The quantitative estimate of drug-likeness (QED) is 0.0681. The van der Waals surface area contributed by atoms with Crippen molar-refractivity contribution in [3.63, 3.8) is 0 Å². The molecule has 0 fully saturated rings. The molecule has 6 aromatic rings. The van der Waals surface area contributed by atoms with Gasteiger partial charge in [-0.05, 0) is 79.2 Å². The maximum Gasteiger partial charge on any atom is 2.00 e. The molecule has 0 aliphatic heterocycles. The van der Waals surface area contributed by atoms with Crippen LogP contribution in [-0.4, -0.2) is 83.9 Å². The van der Waals surface area contributed by atoms with Crippen molar-refractivity contribution in [2.75, 3.05) is 11.4 Å². The maximum atomic E-state index is 10.7. The van der Waals surface area contributed by atoms with Crippen LogP contribution < -0.4 is 4.90 Å². The molecular weight excluding hydrogens is 930 g/mol. The Morgan fingerprint density at radius 3 is 1.19 bits per heavy atom. The van der Waals surface area contributed by atoms with E-state index in [1.165, 1.54) is 0 Å². The number of rotatable bonds is 8. The summed E-state index contributed by atoms with van der Waals surface area (Å²) >= 11 is 0. The molecule has 0 aliphatic carbocycles. The third kappa shape index (κ3) is 19.4. The second-order valence-electron chi connectivity index (χ2n) is 10.4. The SMILES string of the molecule is O.O.O=S(=O)([O-])C(F)(F)F.O=S(=O)([O-])C(F)(F)F.[OH3+].[Ru+2].c1ccc(-c2cccc(-c3ccccn3)n2)nc1.c1ccc(N(CCCn2cccc2)c2ccccn2)nc1. The molecule has 0 spiro atoms. The zero-order valence-electron chi connectivity index (χ0n) is 30.0. The van der Waals surface area contributed by atoms with Gasteiger partial charge in [-0.15, -0.1) is 0 Å². The fourth-order valence-electron chi connectivity index (χ4n) is 4.05. The minimum atomic E-state index is -6.09. The molecule has 0 amide bonds. The third-order valence-corrected chi connectivity index (χ3v) is 7.62. The summed E-state index contributed by atoms with van der Waals surface area (Å²) < 4.78 is 120. The fourth-order valence-corrected chi connectivity index (χ4v) is 4.05. The van der Waals surface area contributed by atoms with Gasteiger partial charge in [-0.3, -0.25) is 9.97 Å². The summed E-state index contributed by atoms with van der Waals surface area (Å²) in [5.41, 5.74) is -7.83. The van der Waals surface area contributed by atoms with E-state index in [0.717, 1.165) is 53.9 Å². The van der Waals surface area contributed by atoms with Crippen LogP contribution in [0.15, 0.2) is 140 Å². The summed E-state index contributed by atoms with van der Waals surface area (Å²) in [4.78, 5) is 24.2. The van der Waals surface area contributed by atoms with Gasteiger partial charge in [0, 0.05) is 50.3 Å². The van der Waals surface area contributed by atoms with Gasteiger partial charge in [-0.1, -0.05) is 30.3 Å². The van der Waals surface area contributed by atoms with Crippen molar-refractivity contribution in [1.29, 1.82) is 0 Å². The Labute approximate surface area is 346 Å². The van der Waals surface area contributed by atoms with Gasteiger partial charge >= 0.3 is 30.5 Å². The molecule has 6 heterocycles. The van der Waals surface area contributed by atoms with Crippen LogP contribution in [0.2, 0.25) is 0 Å². The Balaban J connectivity index is 0. The van der Waals surface area contributed by atoms with Gasteiger partial charge in [-0.2, -0.15) is 26.3 Å². The topological polar surface area (TPSA) is 283 Å². The molecule has 59 heavy (non-hydrogen) atoms. The molecule has 16 nitrogen and oxygen atoms in total. The van der Waals surface area contributed by atoms with Crippen molar-refractivity contribution in [2.45, 2.75) is 24.0 Å². The Morgan fingerprint density at radius 1 is 0.542 bits per heavy atom. The van der Waals surface area contributed by atoms with Gasteiger partial charge in [0.2, 0.25) is 0 Å². The standard InChI is InChI=1S/C17H18N4.C15H11N3.2CHF3O3S.3H2O.Ru/c1-3-10-18-16(8-1)21(17-9-2-4-11-19-17)15-7-14-20-12-5-6-13-20;1-3-10-16-12(6-1)14-8-5-9-15(18-14)13-7-2-4-11-17-13;2*2-1(3,4)8(5,6)7;;;;/h1-6,8-13H,7,14-15H2;1-11H;2*(H,5,6,7);3*1H2;/q;;;;;;;+2/p-1. The predicted octanol–water partition coefficient (Wildman–Crippen LogP) is 4.24. The Bertz CT molecular complexity index is 2100. The number of nitrogens with zero attached hydrogens (tertiary/aromatic N) is 7. The van der Waals surface area contributed by atoms with E-state index in [1.54, 1.807) is 12.4 Å². The molecule has 0 unspecified atom stereocenters. The average molecular weight is 966 g/mol. The van der Waals surface area contributed by atoms with Crippen LogP contribution in [0.25, 0.3) is 22.8 Å². The molecule has 0 saturated carbocycles. The van der Waals surface area contributed by atoms with Crippen molar-refractivity contribution >= 4 is 31.9 Å².